The van der Waals surface area contributed by atoms with Crippen molar-refractivity contribution in [1.29, 1.82) is 0 Å². The topological polar surface area (TPSA) is 87.7 Å². The van der Waals surface area contributed by atoms with Crippen molar-refractivity contribution in [3.8, 4) is 5.75 Å². The van der Waals surface area contributed by atoms with Gasteiger partial charge in [0, 0.05) is 5.69 Å². The lowest BCUT2D eigenvalue weighted by Gasteiger charge is -2.19. The Morgan fingerprint density at radius 1 is 1.04 bits per heavy atom. The standard InChI is InChI=1S/C19H22N2O4/c1-13(14-6-4-3-5-7-14)18(23)21-17(12-22)19(24)20-15-8-10-16(25-2)11-9-15/h3-11,13,17,22H,12H2,1-2H3,(H,20,24)(H,21,23). The molecule has 6 nitrogen and oxygen atoms in total. The number of methoxy groups -OCH3 is 1. The van der Waals surface area contributed by atoms with Gasteiger partial charge in [-0.1, -0.05) is 30.3 Å². The van der Waals surface area contributed by atoms with Crippen LogP contribution in [-0.2, 0) is 9.59 Å². The first-order valence-electron chi connectivity index (χ1n) is 7.96. The Labute approximate surface area is 146 Å². The van der Waals surface area contributed by atoms with E-state index in [-0.39, 0.29) is 5.91 Å². The van der Waals surface area contributed by atoms with Gasteiger partial charge in [-0.3, -0.25) is 9.59 Å². The fraction of sp³-hybridized carbons (Fsp3) is 0.263. The minimum atomic E-state index is -1.03. The van der Waals surface area contributed by atoms with Gasteiger partial charge in [0.2, 0.25) is 11.8 Å². The van der Waals surface area contributed by atoms with E-state index in [0.29, 0.717) is 11.4 Å². The number of rotatable bonds is 7. The average Bonchev–Trinajstić information content (AvgIpc) is 2.66. The number of carbonyl (C=O) groups is 2. The highest BCUT2D eigenvalue weighted by Gasteiger charge is 2.23. The summed E-state index contributed by atoms with van der Waals surface area (Å²) in [6.07, 6.45) is 0. The number of anilines is 1. The number of hydrogen-bond acceptors (Lipinski definition) is 4. The highest BCUT2D eigenvalue weighted by molar-refractivity contribution is 5.98. The summed E-state index contributed by atoms with van der Waals surface area (Å²) >= 11 is 0. The van der Waals surface area contributed by atoms with Crippen molar-refractivity contribution in [1.82, 2.24) is 5.32 Å². The van der Waals surface area contributed by atoms with Gasteiger partial charge < -0.3 is 20.5 Å². The third-order valence-electron chi connectivity index (χ3n) is 3.87. The fourth-order valence-corrected chi connectivity index (χ4v) is 2.29. The van der Waals surface area contributed by atoms with Crippen LogP contribution >= 0.6 is 0 Å². The predicted molar refractivity (Wildman–Crippen MR) is 95.5 cm³/mol. The SMILES string of the molecule is COc1ccc(NC(=O)C(CO)NC(=O)C(C)c2ccccc2)cc1. The molecule has 0 aromatic heterocycles. The van der Waals surface area contributed by atoms with Gasteiger partial charge in [0.15, 0.2) is 0 Å². The summed E-state index contributed by atoms with van der Waals surface area (Å²) in [4.78, 5) is 24.6. The minimum Gasteiger partial charge on any atom is -0.497 e. The monoisotopic (exact) mass is 342 g/mol. The molecule has 2 atom stereocenters. The molecule has 0 aliphatic carbocycles. The second-order valence-corrected chi connectivity index (χ2v) is 5.59. The molecule has 0 saturated heterocycles. The molecule has 0 heterocycles. The first-order chi connectivity index (χ1) is 12.0. The molecule has 2 amide bonds. The Bertz CT molecular complexity index is 701. The molecule has 132 valence electrons. The smallest absolute Gasteiger partial charge is 0.249 e. The van der Waals surface area contributed by atoms with Crippen LogP contribution in [0.3, 0.4) is 0 Å². The van der Waals surface area contributed by atoms with Crippen molar-refractivity contribution < 1.29 is 19.4 Å². The molecular formula is C19H22N2O4. The van der Waals surface area contributed by atoms with Gasteiger partial charge in [0.1, 0.15) is 11.8 Å². The third-order valence-corrected chi connectivity index (χ3v) is 3.87. The normalized spacial score (nSPS) is 12.8. The Hall–Kier alpha value is -2.86. The Morgan fingerprint density at radius 2 is 1.68 bits per heavy atom. The lowest BCUT2D eigenvalue weighted by molar-refractivity contribution is -0.128. The molecule has 2 unspecified atom stereocenters. The molecular weight excluding hydrogens is 320 g/mol. The number of nitrogens with one attached hydrogen (secondary N) is 2. The largest absolute Gasteiger partial charge is 0.497 e. The van der Waals surface area contributed by atoms with Crippen LogP contribution in [0, 0.1) is 0 Å². The van der Waals surface area contributed by atoms with Crippen molar-refractivity contribution >= 4 is 17.5 Å². The maximum atomic E-state index is 12.3. The maximum absolute atomic E-state index is 12.3. The predicted octanol–water partition coefficient (Wildman–Crippen LogP) is 1.91. The molecule has 0 saturated carbocycles. The van der Waals surface area contributed by atoms with Gasteiger partial charge in [0.05, 0.1) is 19.6 Å². The Morgan fingerprint density at radius 3 is 2.24 bits per heavy atom. The zero-order valence-corrected chi connectivity index (χ0v) is 14.2. The van der Waals surface area contributed by atoms with Crippen LogP contribution in [-0.4, -0.2) is 36.7 Å². The van der Waals surface area contributed by atoms with Crippen LogP contribution in [0.25, 0.3) is 0 Å². The summed E-state index contributed by atoms with van der Waals surface area (Å²) in [6.45, 7) is 1.26. The van der Waals surface area contributed by atoms with E-state index in [2.05, 4.69) is 10.6 Å². The lowest BCUT2D eigenvalue weighted by Crippen LogP contribution is -2.47. The molecule has 0 aliphatic heterocycles. The Balaban J connectivity index is 1.98. The highest BCUT2D eigenvalue weighted by atomic mass is 16.5. The van der Waals surface area contributed by atoms with Crippen LogP contribution in [0.2, 0.25) is 0 Å². The molecule has 3 N–H and O–H groups in total. The minimum absolute atomic E-state index is 0.324. The number of ether oxygens (including phenoxy) is 1. The zero-order chi connectivity index (χ0) is 18.2. The van der Waals surface area contributed by atoms with E-state index < -0.39 is 24.5 Å². The third kappa shape index (κ3) is 5.06. The molecule has 0 aliphatic rings. The van der Waals surface area contributed by atoms with E-state index >= 15 is 0 Å². The molecule has 25 heavy (non-hydrogen) atoms. The van der Waals surface area contributed by atoms with Crippen molar-refractivity contribution in [3.05, 3.63) is 60.2 Å². The quantitative estimate of drug-likeness (QED) is 0.717. The first kappa shape index (κ1) is 18.5. The molecule has 6 heteroatoms. The average molecular weight is 342 g/mol. The van der Waals surface area contributed by atoms with Crippen molar-refractivity contribution in [3.63, 3.8) is 0 Å². The first-order valence-corrected chi connectivity index (χ1v) is 7.96. The van der Waals surface area contributed by atoms with Gasteiger partial charge in [0.25, 0.3) is 0 Å². The van der Waals surface area contributed by atoms with Gasteiger partial charge in [-0.2, -0.15) is 0 Å². The van der Waals surface area contributed by atoms with E-state index in [9.17, 15) is 14.7 Å². The van der Waals surface area contributed by atoms with E-state index in [1.807, 2.05) is 30.3 Å². The van der Waals surface area contributed by atoms with Gasteiger partial charge in [-0.05, 0) is 36.8 Å². The van der Waals surface area contributed by atoms with Crippen molar-refractivity contribution in [2.24, 2.45) is 0 Å². The van der Waals surface area contributed by atoms with Crippen LogP contribution in [0.15, 0.2) is 54.6 Å². The van der Waals surface area contributed by atoms with Crippen LogP contribution < -0.4 is 15.4 Å². The number of amides is 2. The van der Waals surface area contributed by atoms with Crippen LogP contribution in [0.5, 0.6) is 5.75 Å². The Kier molecular flexibility index (Phi) is 6.54. The summed E-state index contributed by atoms with van der Waals surface area (Å²) < 4.78 is 5.05. The molecule has 0 spiro atoms. The van der Waals surface area contributed by atoms with Crippen molar-refractivity contribution in [2.45, 2.75) is 18.9 Å². The summed E-state index contributed by atoms with van der Waals surface area (Å²) in [6, 6.07) is 15.0. The van der Waals surface area contributed by atoms with Crippen LogP contribution in [0.1, 0.15) is 18.4 Å². The summed E-state index contributed by atoms with van der Waals surface area (Å²) in [5.74, 6) is -0.567. The highest BCUT2D eigenvalue weighted by Crippen LogP contribution is 2.16. The van der Waals surface area contributed by atoms with E-state index in [0.717, 1.165) is 5.56 Å². The maximum Gasteiger partial charge on any atom is 0.249 e. The fourth-order valence-electron chi connectivity index (χ4n) is 2.29. The molecule has 0 radical (unpaired) electrons. The van der Waals surface area contributed by atoms with Crippen LogP contribution in [0.4, 0.5) is 5.69 Å². The number of aliphatic hydroxyl groups excluding tert-OH is 1. The molecule has 2 rings (SSSR count). The van der Waals surface area contributed by atoms with E-state index in [4.69, 9.17) is 4.74 Å². The van der Waals surface area contributed by atoms with Gasteiger partial charge >= 0.3 is 0 Å². The lowest BCUT2D eigenvalue weighted by atomic mass is 10.00. The number of aliphatic hydroxyl groups is 1. The molecule has 2 aromatic rings. The van der Waals surface area contributed by atoms with E-state index in [1.165, 1.54) is 0 Å². The number of hydrogen-bond donors (Lipinski definition) is 3. The number of benzene rings is 2. The second kappa shape index (κ2) is 8.84. The number of carbonyl (C=O) groups excluding carboxylic acids is 2. The summed E-state index contributed by atoms with van der Waals surface area (Å²) in [5.41, 5.74) is 1.39. The van der Waals surface area contributed by atoms with Gasteiger partial charge in [-0.25, -0.2) is 0 Å². The zero-order valence-electron chi connectivity index (χ0n) is 14.2. The van der Waals surface area contributed by atoms with E-state index in [1.54, 1.807) is 38.3 Å². The summed E-state index contributed by atoms with van der Waals surface area (Å²) in [5, 5.41) is 14.7. The summed E-state index contributed by atoms with van der Waals surface area (Å²) in [7, 11) is 1.55. The molecule has 0 fully saturated rings. The second-order valence-electron chi connectivity index (χ2n) is 5.59. The molecule has 0 bridgehead atoms. The van der Waals surface area contributed by atoms with Crippen molar-refractivity contribution in [2.75, 3.05) is 19.0 Å². The van der Waals surface area contributed by atoms with Gasteiger partial charge in [-0.15, -0.1) is 0 Å². The molecule has 2 aromatic carbocycles.